The number of amides is 1. The minimum atomic E-state index is -0.353. The van der Waals surface area contributed by atoms with Gasteiger partial charge in [0.15, 0.2) is 0 Å². The number of hydrogen-bond acceptors (Lipinski definition) is 4. The van der Waals surface area contributed by atoms with E-state index in [9.17, 15) is 10.1 Å². The summed E-state index contributed by atoms with van der Waals surface area (Å²) in [5.74, 6) is 2.02. The van der Waals surface area contributed by atoms with Crippen LogP contribution in [0, 0.1) is 29.1 Å². The van der Waals surface area contributed by atoms with Crippen molar-refractivity contribution in [3.05, 3.63) is 41.9 Å². The topological polar surface area (TPSA) is 77.8 Å². The lowest BCUT2D eigenvalue weighted by atomic mass is 9.84. The molecule has 0 spiro atoms. The number of carbonyl (C=O) groups excluding carboxylic acids is 1. The van der Waals surface area contributed by atoms with Gasteiger partial charge in [0.2, 0.25) is 0 Å². The van der Waals surface area contributed by atoms with Crippen molar-refractivity contribution in [2.45, 2.75) is 45.2 Å². The minimum absolute atomic E-state index is 0.119. The zero-order valence-corrected chi connectivity index (χ0v) is 14.0. The summed E-state index contributed by atoms with van der Waals surface area (Å²) in [6, 6.07) is 6.00. The fourth-order valence-corrected chi connectivity index (χ4v) is 4.17. The van der Waals surface area contributed by atoms with Gasteiger partial charge in [-0.05, 0) is 55.6 Å². The molecule has 5 nitrogen and oxygen atoms in total. The zero-order valence-electron chi connectivity index (χ0n) is 14.0. The first kappa shape index (κ1) is 16.5. The number of rotatable bonds is 6. The SMILES string of the molecule is CC(N/C=C(/C#N)C(=O)NCc1cccnc1)C1CC2CCC1C2. The average molecular weight is 324 g/mol. The molecule has 5 heteroatoms. The molecule has 2 bridgehead atoms. The van der Waals surface area contributed by atoms with Crippen molar-refractivity contribution in [2.24, 2.45) is 17.8 Å². The second-order valence-electron chi connectivity index (χ2n) is 7.01. The summed E-state index contributed by atoms with van der Waals surface area (Å²) in [6.45, 7) is 2.53. The summed E-state index contributed by atoms with van der Waals surface area (Å²) in [4.78, 5) is 16.2. The first-order valence-electron chi connectivity index (χ1n) is 8.70. The molecule has 0 saturated heterocycles. The molecule has 4 atom stereocenters. The maximum Gasteiger partial charge on any atom is 0.263 e. The quantitative estimate of drug-likeness (QED) is 0.622. The Kier molecular flexibility index (Phi) is 5.14. The summed E-state index contributed by atoms with van der Waals surface area (Å²) >= 11 is 0. The van der Waals surface area contributed by atoms with Crippen LogP contribution in [-0.2, 0) is 11.3 Å². The van der Waals surface area contributed by atoms with E-state index in [1.807, 2.05) is 18.2 Å². The van der Waals surface area contributed by atoms with Crippen LogP contribution in [0.1, 0.15) is 38.2 Å². The molecule has 3 rings (SSSR count). The van der Waals surface area contributed by atoms with Crippen LogP contribution in [0.15, 0.2) is 36.3 Å². The number of hydrogen-bond donors (Lipinski definition) is 2. The summed E-state index contributed by atoms with van der Waals surface area (Å²) in [5.41, 5.74) is 1.03. The zero-order chi connectivity index (χ0) is 16.9. The molecule has 2 aliphatic carbocycles. The van der Waals surface area contributed by atoms with E-state index in [1.165, 1.54) is 25.7 Å². The van der Waals surface area contributed by atoms with Crippen molar-refractivity contribution in [2.75, 3.05) is 0 Å². The van der Waals surface area contributed by atoms with Gasteiger partial charge < -0.3 is 10.6 Å². The monoisotopic (exact) mass is 324 g/mol. The Balaban J connectivity index is 1.52. The van der Waals surface area contributed by atoms with E-state index in [2.05, 4.69) is 22.5 Å². The highest BCUT2D eigenvalue weighted by atomic mass is 16.1. The third-order valence-corrected chi connectivity index (χ3v) is 5.47. The molecule has 126 valence electrons. The second-order valence-corrected chi connectivity index (χ2v) is 7.01. The van der Waals surface area contributed by atoms with Crippen molar-refractivity contribution in [3.63, 3.8) is 0 Å². The highest BCUT2D eigenvalue weighted by Crippen LogP contribution is 2.49. The molecule has 4 unspecified atom stereocenters. The minimum Gasteiger partial charge on any atom is -0.387 e. The standard InChI is InChI=1S/C19H24N4O/c1-13(18-8-14-4-5-16(18)7-14)22-12-17(9-20)19(24)23-11-15-3-2-6-21-10-15/h2-3,6,10,12-14,16,18,22H,4-5,7-8,11H2,1H3,(H,23,24)/b17-12-. The average Bonchev–Trinajstić information content (AvgIpc) is 3.24. The Bertz CT molecular complexity index is 649. The third kappa shape index (κ3) is 3.76. The van der Waals surface area contributed by atoms with Gasteiger partial charge in [-0.2, -0.15) is 5.26 Å². The molecule has 0 radical (unpaired) electrons. The summed E-state index contributed by atoms with van der Waals surface area (Å²) in [6.07, 6.45) is 10.3. The number of carbonyl (C=O) groups is 1. The van der Waals surface area contributed by atoms with Crippen LogP contribution < -0.4 is 10.6 Å². The van der Waals surface area contributed by atoms with Crippen molar-refractivity contribution >= 4 is 5.91 Å². The molecule has 24 heavy (non-hydrogen) atoms. The largest absolute Gasteiger partial charge is 0.387 e. The van der Waals surface area contributed by atoms with Crippen LogP contribution in [0.5, 0.6) is 0 Å². The molecule has 0 aromatic carbocycles. The molecule has 1 aromatic rings. The number of nitrogens with zero attached hydrogens (tertiary/aromatic N) is 2. The van der Waals surface area contributed by atoms with Crippen molar-refractivity contribution < 1.29 is 4.79 Å². The van der Waals surface area contributed by atoms with Crippen LogP contribution in [0.25, 0.3) is 0 Å². The maximum absolute atomic E-state index is 12.1. The van der Waals surface area contributed by atoms with E-state index in [1.54, 1.807) is 18.6 Å². The summed E-state index contributed by atoms with van der Waals surface area (Å²) in [7, 11) is 0. The Morgan fingerprint density at radius 3 is 3.00 bits per heavy atom. The Morgan fingerprint density at radius 2 is 2.38 bits per heavy atom. The number of fused-ring (bicyclic) bond motifs is 2. The first-order valence-corrected chi connectivity index (χ1v) is 8.70. The van der Waals surface area contributed by atoms with E-state index in [-0.39, 0.29) is 11.5 Å². The third-order valence-electron chi connectivity index (χ3n) is 5.47. The van der Waals surface area contributed by atoms with E-state index in [0.717, 1.165) is 17.4 Å². The van der Waals surface area contributed by atoms with Gasteiger partial charge in [0.1, 0.15) is 11.6 Å². The molecular formula is C19H24N4O. The van der Waals surface area contributed by atoms with Crippen LogP contribution >= 0.6 is 0 Å². The van der Waals surface area contributed by atoms with Crippen LogP contribution in [0.4, 0.5) is 0 Å². The van der Waals surface area contributed by atoms with Gasteiger partial charge in [0.25, 0.3) is 5.91 Å². The fourth-order valence-electron chi connectivity index (χ4n) is 4.17. The predicted molar refractivity (Wildman–Crippen MR) is 91.3 cm³/mol. The van der Waals surface area contributed by atoms with E-state index < -0.39 is 0 Å². The van der Waals surface area contributed by atoms with E-state index >= 15 is 0 Å². The summed E-state index contributed by atoms with van der Waals surface area (Å²) < 4.78 is 0. The van der Waals surface area contributed by atoms with Crippen molar-refractivity contribution in [3.8, 4) is 6.07 Å². The Hall–Kier alpha value is -2.35. The number of pyridine rings is 1. The number of aromatic nitrogens is 1. The van der Waals surface area contributed by atoms with E-state index in [4.69, 9.17) is 0 Å². The van der Waals surface area contributed by atoms with Gasteiger partial charge in [0, 0.05) is 31.2 Å². The molecule has 1 aromatic heterocycles. The first-order chi connectivity index (χ1) is 11.7. The van der Waals surface area contributed by atoms with Gasteiger partial charge in [0.05, 0.1) is 0 Å². The number of nitrogens with one attached hydrogen (secondary N) is 2. The lowest BCUT2D eigenvalue weighted by molar-refractivity contribution is -0.117. The lowest BCUT2D eigenvalue weighted by Crippen LogP contribution is -2.34. The van der Waals surface area contributed by atoms with Crippen LogP contribution in [0.3, 0.4) is 0 Å². The van der Waals surface area contributed by atoms with Crippen molar-refractivity contribution in [1.29, 1.82) is 5.26 Å². The Morgan fingerprint density at radius 1 is 1.50 bits per heavy atom. The molecule has 1 amide bonds. The predicted octanol–water partition coefficient (Wildman–Crippen LogP) is 2.52. The summed E-state index contributed by atoms with van der Waals surface area (Å²) in [5, 5.41) is 15.3. The van der Waals surface area contributed by atoms with Gasteiger partial charge in [-0.3, -0.25) is 9.78 Å². The van der Waals surface area contributed by atoms with Gasteiger partial charge >= 0.3 is 0 Å². The Labute approximate surface area is 143 Å². The maximum atomic E-state index is 12.1. The highest BCUT2D eigenvalue weighted by Gasteiger charge is 2.41. The molecular weight excluding hydrogens is 300 g/mol. The smallest absolute Gasteiger partial charge is 0.263 e. The molecule has 2 N–H and O–H groups in total. The van der Waals surface area contributed by atoms with Gasteiger partial charge in [-0.25, -0.2) is 0 Å². The normalized spacial score (nSPS) is 26.7. The highest BCUT2D eigenvalue weighted by molar-refractivity contribution is 5.97. The molecule has 1 heterocycles. The number of nitriles is 1. The van der Waals surface area contributed by atoms with Gasteiger partial charge in [-0.1, -0.05) is 12.5 Å². The van der Waals surface area contributed by atoms with E-state index in [0.29, 0.717) is 18.5 Å². The van der Waals surface area contributed by atoms with Crippen molar-refractivity contribution in [1.82, 2.24) is 15.6 Å². The van der Waals surface area contributed by atoms with Gasteiger partial charge in [-0.15, -0.1) is 0 Å². The van der Waals surface area contributed by atoms with Crippen LogP contribution in [-0.4, -0.2) is 16.9 Å². The molecule has 2 saturated carbocycles. The molecule has 0 aliphatic heterocycles. The lowest BCUT2D eigenvalue weighted by Gasteiger charge is -2.28. The molecule has 2 fully saturated rings. The molecule has 2 aliphatic rings. The second kappa shape index (κ2) is 7.48. The fraction of sp³-hybridized carbons (Fsp3) is 0.526. The van der Waals surface area contributed by atoms with Crippen LogP contribution in [0.2, 0.25) is 0 Å².